The van der Waals surface area contributed by atoms with E-state index in [9.17, 15) is 4.39 Å². The Morgan fingerprint density at radius 2 is 1.67 bits per heavy atom. The van der Waals surface area contributed by atoms with E-state index in [-0.39, 0.29) is 5.82 Å². The topological polar surface area (TPSA) is 49.8 Å². The smallest absolute Gasteiger partial charge is 0.229 e. The van der Waals surface area contributed by atoms with Gasteiger partial charge in [-0.15, -0.1) is 0 Å². The first-order chi connectivity index (χ1) is 11.5. The number of rotatable bonds is 4. The number of hydrogen-bond donors (Lipinski definition) is 2. The van der Waals surface area contributed by atoms with Crippen LogP contribution in [0.5, 0.6) is 0 Å². The minimum absolute atomic E-state index is 0.339. The average Bonchev–Trinajstić information content (AvgIpc) is 2.54. The second-order valence-corrected chi connectivity index (χ2v) is 5.77. The molecule has 0 fully saturated rings. The number of benzene rings is 2. The lowest BCUT2D eigenvalue weighted by Crippen LogP contribution is -2.04. The van der Waals surface area contributed by atoms with E-state index in [0.29, 0.717) is 22.5 Å². The van der Waals surface area contributed by atoms with Gasteiger partial charge in [0.15, 0.2) is 0 Å². The highest BCUT2D eigenvalue weighted by Crippen LogP contribution is 2.26. The molecule has 1 aromatic heterocycles. The highest BCUT2D eigenvalue weighted by Gasteiger charge is 2.08. The molecule has 1 heterocycles. The van der Waals surface area contributed by atoms with Gasteiger partial charge in [0.1, 0.15) is 11.6 Å². The second kappa shape index (κ2) is 6.84. The van der Waals surface area contributed by atoms with Gasteiger partial charge in [-0.1, -0.05) is 29.8 Å². The molecular formula is C18H16ClFN4. The monoisotopic (exact) mass is 342 g/mol. The van der Waals surface area contributed by atoms with Crippen LogP contribution in [-0.4, -0.2) is 9.97 Å². The van der Waals surface area contributed by atoms with Crippen molar-refractivity contribution in [2.45, 2.75) is 13.8 Å². The molecule has 2 aromatic carbocycles. The Morgan fingerprint density at radius 1 is 0.917 bits per heavy atom. The van der Waals surface area contributed by atoms with Gasteiger partial charge >= 0.3 is 0 Å². The molecule has 4 nitrogen and oxygen atoms in total. The van der Waals surface area contributed by atoms with E-state index in [1.807, 2.05) is 32.0 Å². The average molecular weight is 343 g/mol. The predicted octanol–water partition coefficient (Wildman–Crippen LogP) is 5.37. The van der Waals surface area contributed by atoms with Gasteiger partial charge in [0, 0.05) is 22.5 Å². The van der Waals surface area contributed by atoms with Gasteiger partial charge in [-0.3, -0.25) is 0 Å². The SMILES string of the molecule is Cc1cc(Nc2ccccc2F)nc(Nc2cccc(Cl)c2C)n1. The minimum Gasteiger partial charge on any atom is -0.338 e. The van der Waals surface area contributed by atoms with Crippen LogP contribution in [-0.2, 0) is 0 Å². The number of para-hydroxylation sites is 1. The number of hydrogen-bond acceptors (Lipinski definition) is 4. The fourth-order valence-corrected chi connectivity index (χ4v) is 2.43. The van der Waals surface area contributed by atoms with Crippen LogP contribution in [0.25, 0.3) is 0 Å². The normalized spacial score (nSPS) is 10.5. The van der Waals surface area contributed by atoms with Gasteiger partial charge < -0.3 is 10.6 Å². The molecule has 0 bridgehead atoms. The van der Waals surface area contributed by atoms with Gasteiger partial charge in [0.2, 0.25) is 5.95 Å². The molecule has 3 aromatic rings. The van der Waals surface area contributed by atoms with E-state index in [4.69, 9.17) is 11.6 Å². The number of anilines is 4. The van der Waals surface area contributed by atoms with Crippen molar-refractivity contribution < 1.29 is 4.39 Å². The molecule has 0 radical (unpaired) electrons. The van der Waals surface area contributed by atoms with Crippen LogP contribution in [0.4, 0.5) is 27.5 Å². The zero-order chi connectivity index (χ0) is 17.1. The summed E-state index contributed by atoms with van der Waals surface area (Å²) < 4.78 is 13.8. The van der Waals surface area contributed by atoms with E-state index < -0.39 is 0 Å². The summed E-state index contributed by atoms with van der Waals surface area (Å²) in [6.07, 6.45) is 0. The number of aryl methyl sites for hydroxylation is 1. The minimum atomic E-state index is -0.339. The maximum Gasteiger partial charge on any atom is 0.229 e. The highest BCUT2D eigenvalue weighted by molar-refractivity contribution is 6.31. The largest absolute Gasteiger partial charge is 0.338 e. The third-order valence-corrected chi connectivity index (χ3v) is 3.91. The van der Waals surface area contributed by atoms with Crippen molar-refractivity contribution >= 4 is 34.7 Å². The Labute approximate surface area is 144 Å². The molecule has 0 saturated heterocycles. The summed E-state index contributed by atoms with van der Waals surface area (Å²) >= 11 is 6.13. The van der Waals surface area contributed by atoms with E-state index in [1.54, 1.807) is 24.3 Å². The molecule has 0 spiro atoms. The lowest BCUT2D eigenvalue weighted by molar-refractivity contribution is 0.632. The maximum atomic E-state index is 13.8. The quantitative estimate of drug-likeness (QED) is 0.669. The molecule has 0 amide bonds. The Morgan fingerprint density at radius 3 is 2.46 bits per heavy atom. The van der Waals surface area contributed by atoms with Gasteiger partial charge in [-0.25, -0.2) is 9.37 Å². The fourth-order valence-electron chi connectivity index (χ4n) is 2.25. The van der Waals surface area contributed by atoms with E-state index in [2.05, 4.69) is 20.6 Å². The summed E-state index contributed by atoms with van der Waals surface area (Å²) in [5.41, 5.74) is 2.85. The maximum absolute atomic E-state index is 13.8. The van der Waals surface area contributed by atoms with Crippen molar-refractivity contribution in [2.75, 3.05) is 10.6 Å². The summed E-state index contributed by atoms with van der Waals surface area (Å²) in [5, 5.41) is 6.79. The predicted molar refractivity (Wildman–Crippen MR) is 95.9 cm³/mol. The Kier molecular flexibility index (Phi) is 4.62. The highest BCUT2D eigenvalue weighted by atomic mass is 35.5. The zero-order valence-corrected chi connectivity index (χ0v) is 14.0. The lowest BCUT2D eigenvalue weighted by atomic mass is 10.2. The molecule has 2 N–H and O–H groups in total. The van der Waals surface area contributed by atoms with E-state index in [1.165, 1.54) is 6.07 Å². The third-order valence-electron chi connectivity index (χ3n) is 3.50. The summed E-state index contributed by atoms with van der Waals surface area (Å²) in [5.74, 6) is 0.586. The number of nitrogens with zero attached hydrogens (tertiary/aromatic N) is 2. The van der Waals surface area contributed by atoms with Crippen LogP contribution < -0.4 is 10.6 Å². The number of nitrogens with one attached hydrogen (secondary N) is 2. The molecule has 0 unspecified atom stereocenters. The molecule has 0 aliphatic carbocycles. The summed E-state index contributed by atoms with van der Waals surface area (Å²) in [6, 6.07) is 13.8. The number of halogens is 2. The summed E-state index contributed by atoms with van der Waals surface area (Å²) in [6.45, 7) is 3.77. The molecule has 0 aliphatic heterocycles. The molecule has 0 saturated carbocycles. The first-order valence-electron chi connectivity index (χ1n) is 7.42. The molecule has 0 atom stereocenters. The Balaban J connectivity index is 1.89. The molecule has 24 heavy (non-hydrogen) atoms. The van der Waals surface area contributed by atoms with Crippen LogP contribution in [0.2, 0.25) is 5.02 Å². The standard InChI is InChI=1S/C18H16ClFN4/c1-11-10-17(22-16-8-4-3-7-14(16)20)24-18(21-11)23-15-9-5-6-13(19)12(15)2/h3-10H,1-2H3,(H2,21,22,23,24). The summed E-state index contributed by atoms with van der Waals surface area (Å²) in [4.78, 5) is 8.76. The van der Waals surface area contributed by atoms with Crippen molar-refractivity contribution in [3.05, 3.63) is 70.6 Å². The van der Waals surface area contributed by atoms with Gasteiger partial charge in [0.05, 0.1) is 5.69 Å². The molecule has 3 rings (SSSR count). The zero-order valence-electron chi connectivity index (χ0n) is 13.3. The molecular weight excluding hydrogens is 327 g/mol. The van der Waals surface area contributed by atoms with Crippen LogP contribution >= 0.6 is 11.6 Å². The molecule has 0 aliphatic rings. The third kappa shape index (κ3) is 3.63. The van der Waals surface area contributed by atoms with Gasteiger partial charge in [0.25, 0.3) is 0 Å². The van der Waals surface area contributed by atoms with E-state index in [0.717, 1.165) is 16.9 Å². The Bertz CT molecular complexity index is 883. The Hall–Kier alpha value is -2.66. The summed E-state index contributed by atoms with van der Waals surface area (Å²) in [7, 11) is 0. The fraction of sp³-hybridized carbons (Fsp3) is 0.111. The molecule has 122 valence electrons. The first kappa shape index (κ1) is 16.2. The second-order valence-electron chi connectivity index (χ2n) is 5.36. The number of aromatic nitrogens is 2. The first-order valence-corrected chi connectivity index (χ1v) is 7.80. The lowest BCUT2D eigenvalue weighted by Gasteiger charge is -2.12. The van der Waals surface area contributed by atoms with Crippen LogP contribution in [0.15, 0.2) is 48.5 Å². The van der Waals surface area contributed by atoms with Crippen molar-refractivity contribution in [3.63, 3.8) is 0 Å². The van der Waals surface area contributed by atoms with Gasteiger partial charge in [-0.05, 0) is 43.7 Å². The van der Waals surface area contributed by atoms with E-state index >= 15 is 0 Å². The van der Waals surface area contributed by atoms with Crippen LogP contribution in [0, 0.1) is 19.7 Å². The van der Waals surface area contributed by atoms with Crippen molar-refractivity contribution in [1.82, 2.24) is 9.97 Å². The van der Waals surface area contributed by atoms with Crippen LogP contribution in [0.3, 0.4) is 0 Å². The van der Waals surface area contributed by atoms with Crippen molar-refractivity contribution in [2.24, 2.45) is 0 Å². The van der Waals surface area contributed by atoms with Crippen molar-refractivity contribution in [3.8, 4) is 0 Å². The van der Waals surface area contributed by atoms with Gasteiger partial charge in [-0.2, -0.15) is 4.98 Å². The van der Waals surface area contributed by atoms with Crippen molar-refractivity contribution in [1.29, 1.82) is 0 Å². The van der Waals surface area contributed by atoms with Crippen LogP contribution in [0.1, 0.15) is 11.3 Å². The molecule has 6 heteroatoms.